The van der Waals surface area contributed by atoms with Crippen molar-refractivity contribution in [3.63, 3.8) is 0 Å². The molecule has 12 rings (SSSR count). The molecule has 10 aromatic rings. The molecule has 0 unspecified atom stereocenters. The molecular formula is C32H12. The topological polar surface area (TPSA) is 0 Å². The summed E-state index contributed by atoms with van der Waals surface area (Å²) in [6, 6.07) is 19.6. The molecular weight excluding hydrogens is 384 g/mol. The van der Waals surface area contributed by atoms with Gasteiger partial charge in [0, 0.05) is 0 Å². The van der Waals surface area contributed by atoms with Crippen molar-refractivity contribution in [1.82, 2.24) is 0 Å². The minimum absolute atomic E-state index is 1.08. The second-order valence-corrected chi connectivity index (χ2v) is 10.8. The summed E-state index contributed by atoms with van der Waals surface area (Å²) in [6.07, 6.45) is 2.16. The Hall–Kier alpha value is -3.90. The summed E-state index contributed by atoms with van der Waals surface area (Å²) in [5.41, 5.74) is 6.18. The van der Waals surface area contributed by atoms with Crippen molar-refractivity contribution in [2.75, 3.05) is 0 Å². The standard InChI is InChI=1S/C32H12/c1-2-12-6-16-10-18-8-14-4-3-13-7-17-9-15-5-11(1)19-20(12)28-24(16)26(18)30-22(14)21(13)29-25(17)23(15)27(19)31(28)32(29)30/h1-8H,9-10H2. The third-order valence-corrected chi connectivity index (χ3v) is 9.65. The smallest absolute Gasteiger partial charge is 0.0000268 e. The predicted octanol–water partition coefficient (Wildman–Crippen LogP) is 8.50. The zero-order valence-electron chi connectivity index (χ0n) is 17.0. The zero-order valence-corrected chi connectivity index (χ0v) is 17.0. The van der Waals surface area contributed by atoms with Crippen LogP contribution < -0.4 is 0 Å². The van der Waals surface area contributed by atoms with Gasteiger partial charge < -0.3 is 0 Å². The third kappa shape index (κ3) is 0.971. The number of benzene rings is 8. The van der Waals surface area contributed by atoms with Gasteiger partial charge in [-0.25, -0.2) is 0 Å². The summed E-state index contributed by atoms with van der Waals surface area (Å²) in [5.74, 6) is 0. The van der Waals surface area contributed by atoms with E-state index in [0.29, 0.717) is 0 Å². The predicted molar refractivity (Wildman–Crippen MR) is 137 cm³/mol. The van der Waals surface area contributed by atoms with Gasteiger partial charge in [0.15, 0.2) is 0 Å². The van der Waals surface area contributed by atoms with E-state index in [1.807, 2.05) is 0 Å². The van der Waals surface area contributed by atoms with Gasteiger partial charge in [-0.3, -0.25) is 0 Å². The second-order valence-electron chi connectivity index (χ2n) is 10.8. The molecule has 0 fully saturated rings. The normalized spacial score (nSPS) is 15.9. The fourth-order valence-electron chi connectivity index (χ4n) is 8.87. The van der Waals surface area contributed by atoms with E-state index in [4.69, 9.17) is 0 Å². The maximum absolute atomic E-state index is 2.52. The Morgan fingerprint density at radius 1 is 0.281 bits per heavy atom. The van der Waals surface area contributed by atoms with Crippen molar-refractivity contribution in [3.8, 4) is 0 Å². The van der Waals surface area contributed by atoms with Gasteiger partial charge in [-0.05, 0) is 132 Å². The van der Waals surface area contributed by atoms with Crippen LogP contribution in [0.1, 0.15) is 22.3 Å². The molecule has 0 heterocycles. The molecule has 140 valence electrons. The van der Waals surface area contributed by atoms with E-state index in [2.05, 4.69) is 48.5 Å². The first-order valence-electron chi connectivity index (χ1n) is 11.8. The van der Waals surface area contributed by atoms with E-state index in [-0.39, 0.29) is 0 Å². The molecule has 2 aliphatic rings. The average Bonchev–Trinajstić information content (AvgIpc) is 3.53. The van der Waals surface area contributed by atoms with Crippen LogP contribution in [0.5, 0.6) is 0 Å². The van der Waals surface area contributed by atoms with Gasteiger partial charge in [0.2, 0.25) is 0 Å². The summed E-state index contributed by atoms with van der Waals surface area (Å²) in [4.78, 5) is 0. The van der Waals surface area contributed by atoms with Crippen LogP contribution in [0.2, 0.25) is 0 Å². The summed E-state index contributed by atoms with van der Waals surface area (Å²) in [5, 5.41) is 27.7. The number of hydrogen-bond acceptors (Lipinski definition) is 0. The van der Waals surface area contributed by atoms with Gasteiger partial charge in [0.25, 0.3) is 0 Å². The van der Waals surface area contributed by atoms with Gasteiger partial charge >= 0.3 is 0 Å². The van der Waals surface area contributed by atoms with Gasteiger partial charge in [-0.1, -0.05) is 48.5 Å². The first-order chi connectivity index (χ1) is 15.9. The molecule has 0 atom stereocenters. The molecule has 0 heteroatoms. The van der Waals surface area contributed by atoms with Crippen LogP contribution in [0.15, 0.2) is 48.5 Å². The first-order valence-corrected chi connectivity index (χ1v) is 11.8. The lowest BCUT2D eigenvalue weighted by Crippen LogP contribution is -1.85. The fourth-order valence-corrected chi connectivity index (χ4v) is 8.87. The van der Waals surface area contributed by atoms with Crippen molar-refractivity contribution in [1.29, 1.82) is 0 Å². The average molecular weight is 396 g/mol. The van der Waals surface area contributed by atoms with Crippen LogP contribution in [0.4, 0.5) is 0 Å². The maximum atomic E-state index is 2.52. The van der Waals surface area contributed by atoms with Crippen LogP contribution in [0.25, 0.3) is 97.0 Å². The lowest BCUT2D eigenvalue weighted by atomic mass is 9.91. The van der Waals surface area contributed by atoms with Crippen molar-refractivity contribution in [2.45, 2.75) is 12.8 Å². The zero-order chi connectivity index (χ0) is 19.8. The third-order valence-electron chi connectivity index (χ3n) is 9.65. The van der Waals surface area contributed by atoms with E-state index in [0.717, 1.165) is 12.8 Å². The maximum Gasteiger partial charge on any atom is -0.0000268 e. The van der Waals surface area contributed by atoms with Crippen molar-refractivity contribution >= 4 is 97.0 Å². The summed E-state index contributed by atoms with van der Waals surface area (Å²) >= 11 is 0. The molecule has 0 saturated heterocycles. The summed E-state index contributed by atoms with van der Waals surface area (Å²) in [7, 11) is 0. The lowest BCUT2D eigenvalue weighted by Gasteiger charge is -2.11. The SMILES string of the molecule is c1cc2cc3c4c5c(cc6ccc7cc8c9c%10c(cc1c1c2c4c(c%101)c1c9c7c6c51)C8)C3. The van der Waals surface area contributed by atoms with Gasteiger partial charge in [0.05, 0.1) is 0 Å². The Kier molecular flexibility index (Phi) is 1.50. The van der Waals surface area contributed by atoms with Crippen molar-refractivity contribution in [2.24, 2.45) is 0 Å². The summed E-state index contributed by atoms with van der Waals surface area (Å²) in [6.45, 7) is 0. The molecule has 10 aromatic carbocycles. The molecule has 0 saturated carbocycles. The van der Waals surface area contributed by atoms with Crippen LogP contribution in [-0.2, 0) is 12.8 Å². The number of hydrogen-bond donors (Lipinski definition) is 0. The van der Waals surface area contributed by atoms with E-state index >= 15 is 0 Å². The highest BCUT2D eigenvalue weighted by atomic mass is 14.4. The van der Waals surface area contributed by atoms with Crippen LogP contribution in [-0.4, -0.2) is 0 Å². The molecule has 0 N–H and O–H groups in total. The Morgan fingerprint density at radius 2 is 0.531 bits per heavy atom. The lowest BCUT2D eigenvalue weighted by molar-refractivity contribution is 1.28. The van der Waals surface area contributed by atoms with E-state index in [1.165, 1.54) is 43.1 Å². The molecule has 0 spiro atoms. The van der Waals surface area contributed by atoms with Crippen molar-refractivity contribution < 1.29 is 0 Å². The van der Waals surface area contributed by atoms with Gasteiger partial charge in [-0.2, -0.15) is 0 Å². The molecule has 0 nitrogen and oxygen atoms in total. The van der Waals surface area contributed by atoms with Crippen molar-refractivity contribution in [3.05, 3.63) is 70.8 Å². The monoisotopic (exact) mass is 396 g/mol. The Bertz CT molecular complexity index is 2140. The highest BCUT2D eigenvalue weighted by Crippen LogP contribution is 2.62. The Morgan fingerprint density at radius 3 is 0.812 bits per heavy atom. The van der Waals surface area contributed by atoms with Gasteiger partial charge in [0.1, 0.15) is 0 Å². The minimum atomic E-state index is 1.08. The molecule has 0 bridgehead atoms. The molecule has 32 heavy (non-hydrogen) atoms. The quantitative estimate of drug-likeness (QED) is 0.225. The fraction of sp³-hybridized carbons (Fsp3) is 0.0625. The summed E-state index contributed by atoms with van der Waals surface area (Å²) < 4.78 is 0. The number of rotatable bonds is 0. The van der Waals surface area contributed by atoms with Crippen LogP contribution in [0.3, 0.4) is 0 Å². The second kappa shape index (κ2) is 3.55. The Balaban J connectivity index is 1.73. The van der Waals surface area contributed by atoms with E-state index in [9.17, 15) is 0 Å². The highest BCUT2D eigenvalue weighted by molar-refractivity contribution is 6.59. The highest BCUT2D eigenvalue weighted by Gasteiger charge is 2.35. The molecule has 0 aliphatic heterocycles. The minimum Gasteiger partial charge on any atom is -0.0537 e. The van der Waals surface area contributed by atoms with Gasteiger partial charge in [-0.15, -0.1) is 0 Å². The van der Waals surface area contributed by atoms with E-state index in [1.54, 1.807) is 76.1 Å². The Labute approximate surface area is 180 Å². The molecule has 2 aliphatic carbocycles. The largest absolute Gasteiger partial charge is 0.0537 e. The molecule has 0 amide bonds. The molecule has 0 aromatic heterocycles. The molecule has 0 radical (unpaired) electrons. The first kappa shape index (κ1) is 13.5. The van der Waals surface area contributed by atoms with Crippen LogP contribution in [0, 0.1) is 0 Å². The van der Waals surface area contributed by atoms with E-state index < -0.39 is 0 Å². The van der Waals surface area contributed by atoms with Crippen LogP contribution >= 0.6 is 0 Å².